The summed E-state index contributed by atoms with van der Waals surface area (Å²) in [5.41, 5.74) is 0.838. The maximum Gasteiger partial charge on any atom is 0.307 e. The van der Waals surface area contributed by atoms with Gasteiger partial charge < -0.3 is 10.4 Å². The average Bonchev–Trinajstić information content (AvgIpc) is 2.96. The molecule has 0 bridgehead atoms. The fourth-order valence-electron chi connectivity index (χ4n) is 2.73. The maximum absolute atomic E-state index is 12.2. The standard InChI is InChI=1S/C13H19N3O3/c1-3-8-4-9(10(5-8)13(18)19)12(17)15-11-7(2)6-14-16-11/h6,8-10H,3-5H2,1-2H3,(H,18,19)(H2,14,15,16,17). The summed E-state index contributed by atoms with van der Waals surface area (Å²) < 4.78 is 0. The molecule has 1 fully saturated rings. The number of anilines is 1. The van der Waals surface area contributed by atoms with Crippen molar-refractivity contribution in [2.45, 2.75) is 33.1 Å². The molecule has 6 nitrogen and oxygen atoms in total. The van der Waals surface area contributed by atoms with Crippen LogP contribution >= 0.6 is 0 Å². The second-order valence-electron chi connectivity index (χ2n) is 5.21. The highest BCUT2D eigenvalue weighted by Gasteiger charge is 2.42. The van der Waals surface area contributed by atoms with Gasteiger partial charge in [0.05, 0.1) is 18.0 Å². The van der Waals surface area contributed by atoms with Crippen molar-refractivity contribution < 1.29 is 14.7 Å². The highest BCUT2D eigenvalue weighted by atomic mass is 16.4. The topological polar surface area (TPSA) is 95.1 Å². The smallest absolute Gasteiger partial charge is 0.307 e. The van der Waals surface area contributed by atoms with Crippen LogP contribution in [0.2, 0.25) is 0 Å². The lowest BCUT2D eigenvalue weighted by Gasteiger charge is -2.15. The van der Waals surface area contributed by atoms with Crippen LogP contribution in [0, 0.1) is 24.7 Å². The number of aliphatic carboxylic acids is 1. The highest BCUT2D eigenvalue weighted by molar-refractivity contribution is 5.95. The minimum atomic E-state index is -0.877. The normalized spacial score (nSPS) is 26.3. The SMILES string of the molecule is CCC1CC(C(=O)O)C(C(=O)Nc2[nH]ncc2C)C1. The molecule has 19 heavy (non-hydrogen) atoms. The maximum atomic E-state index is 12.2. The fourth-order valence-corrected chi connectivity index (χ4v) is 2.73. The number of H-pyrrole nitrogens is 1. The quantitative estimate of drug-likeness (QED) is 0.773. The van der Waals surface area contributed by atoms with E-state index in [4.69, 9.17) is 0 Å². The summed E-state index contributed by atoms with van der Waals surface area (Å²) >= 11 is 0. The number of rotatable bonds is 4. The Morgan fingerprint density at radius 2 is 2.16 bits per heavy atom. The zero-order valence-electron chi connectivity index (χ0n) is 11.1. The number of carbonyl (C=O) groups excluding carboxylic acids is 1. The minimum absolute atomic E-state index is 0.226. The first kappa shape index (κ1) is 13.6. The predicted octanol–water partition coefficient (Wildman–Crippen LogP) is 1.79. The van der Waals surface area contributed by atoms with E-state index in [1.165, 1.54) is 0 Å². The molecule has 104 valence electrons. The number of hydrogen-bond donors (Lipinski definition) is 3. The monoisotopic (exact) mass is 265 g/mol. The van der Waals surface area contributed by atoms with E-state index in [-0.39, 0.29) is 5.91 Å². The first-order chi connectivity index (χ1) is 9.02. The van der Waals surface area contributed by atoms with Gasteiger partial charge in [-0.15, -0.1) is 0 Å². The third-order valence-corrected chi connectivity index (χ3v) is 3.97. The van der Waals surface area contributed by atoms with Crippen molar-refractivity contribution >= 4 is 17.7 Å². The molecular formula is C13H19N3O3. The zero-order chi connectivity index (χ0) is 14.0. The van der Waals surface area contributed by atoms with Gasteiger partial charge in [-0.1, -0.05) is 13.3 Å². The van der Waals surface area contributed by atoms with Gasteiger partial charge >= 0.3 is 5.97 Å². The average molecular weight is 265 g/mol. The Kier molecular flexibility index (Phi) is 3.87. The summed E-state index contributed by atoms with van der Waals surface area (Å²) in [5, 5.41) is 18.5. The highest BCUT2D eigenvalue weighted by Crippen LogP contribution is 2.39. The van der Waals surface area contributed by atoms with E-state index < -0.39 is 17.8 Å². The van der Waals surface area contributed by atoms with Crippen molar-refractivity contribution in [2.24, 2.45) is 17.8 Å². The lowest BCUT2D eigenvalue weighted by molar-refractivity contribution is -0.145. The van der Waals surface area contributed by atoms with Crippen LogP contribution in [0.15, 0.2) is 6.20 Å². The van der Waals surface area contributed by atoms with Gasteiger partial charge in [-0.25, -0.2) is 0 Å². The molecule has 0 aromatic carbocycles. The van der Waals surface area contributed by atoms with Crippen LogP contribution in [0.3, 0.4) is 0 Å². The van der Waals surface area contributed by atoms with Gasteiger partial charge in [0, 0.05) is 5.56 Å². The van der Waals surface area contributed by atoms with E-state index in [1.807, 2.05) is 13.8 Å². The number of carboxylic acids is 1. The van der Waals surface area contributed by atoms with Gasteiger partial charge in [0.15, 0.2) is 0 Å². The Labute approximate surface area is 111 Å². The second-order valence-corrected chi connectivity index (χ2v) is 5.21. The molecular weight excluding hydrogens is 246 g/mol. The molecule has 2 rings (SSSR count). The fraction of sp³-hybridized carbons (Fsp3) is 0.615. The summed E-state index contributed by atoms with van der Waals surface area (Å²) in [7, 11) is 0. The second kappa shape index (κ2) is 5.42. The van der Waals surface area contributed by atoms with E-state index in [1.54, 1.807) is 6.20 Å². The van der Waals surface area contributed by atoms with Crippen molar-refractivity contribution in [3.05, 3.63) is 11.8 Å². The molecule has 1 aliphatic rings. The van der Waals surface area contributed by atoms with Crippen molar-refractivity contribution in [1.82, 2.24) is 10.2 Å². The molecule has 0 radical (unpaired) electrons. The summed E-state index contributed by atoms with van der Waals surface area (Å²) in [4.78, 5) is 23.5. The molecule has 1 aromatic heterocycles. The van der Waals surface area contributed by atoms with Crippen LogP contribution in [0.4, 0.5) is 5.82 Å². The molecule has 1 aliphatic carbocycles. The molecule has 6 heteroatoms. The largest absolute Gasteiger partial charge is 0.481 e. The Bertz CT molecular complexity index is 483. The third-order valence-electron chi connectivity index (χ3n) is 3.97. The molecule has 0 saturated heterocycles. The summed E-state index contributed by atoms with van der Waals surface area (Å²) in [6.07, 6.45) is 3.77. The van der Waals surface area contributed by atoms with Crippen molar-refractivity contribution in [2.75, 3.05) is 5.32 Å². The number of aryl methyl sites for hydroxylation is 1. The molecule has 0 spiro atoms. The first-order valence-electron chi connectivity index (χ1n) is 6.56. The summed E-state index contributed by atoms with van der Waals surface area (Å²) in [5.74, 6) is -1.26. The van der Waals surface area contributed by atoms with Crippen LogP contribution in [-0.2, 0) is 9.59 Å². The van der Waals surface area contributed by atoms with Crippen LogP contribution in [0.1, 0.15) is 31.7 Å². The number of carbonyl (C=O) groups is 2. The van der Waals surface area contributed by atoms with E-state index in [0.29, 0.717) is 24.6 Å². The van der Waals surface area contributed by atoms with Crippen molar-refractivity contribution in [3.8, 4) is 0 Å². The number of aromatic amines is 1. The van der Waals surface area contributed by atoms with Gasteiger partial charge in [-0.05, 0) is 25.7 Å². The zero-order valence-corrected chi connectivity index (χ0v) is 11.1. The van der Waals surface area contributed by atoms with E-state index in [9.17, 15) is 14.7 Å². The van der Waals surface area contributed by atoms with Crippen LogP contribution in [0.5, 0.6) is 0 Å². The molecule has 3 N–H and O–H groups in total. The number of nitrogens with one attached hydrogen (secondary N) is 2. The molecule has 3 atom stereocenters. The van der Waals surface area contributed by atoms with Gasteiger partial charge in [0.25, 0.3) is 0 Å². The molecule has 3 unspecified atom stereocenters. The minimum Gasteiger partial charge on any atom is -0.481 e. The first-order valence-corrected chi connectivity index (χ1v) is 6.56. The number of amides is 1. The molecule has 1 saturated carbocycles. The molecule has 1 amide bonds. The van der Waals surface area contributed by atoms with E-state index in [2.05, 4.69) is 15.5 Å². The molecule has 1 aromatic rings. The van der Waals surface area contributed by atoms with Crippen LogP contribution in [-0.4, -0.2) is 27.2 Å². The van der Waals surface area contributed by atoms with Crippen LogP contribution in [0.25, 0.3) is 0 Å². The predicted molar refractivity (Wildman–Crippen MR) is 69.6 cm³/mol. The Hall–Kier alpha value is -1.85. The number of hydrogen-bond acceptors (Lipinski definition) is 3. The van der Waals surface area contributed by atoms with Crippen molar-refractivity contribution in [1.29, 1.82) is 0 Å². The van der Waals surface area contributed by atoms with Gasteiger partial charge in [-0.2, -0.15) is 5.10 Å². The molecule has 0 aliphatic heterocycles. The van der Waals surface area contributed by atoms with Gasteiger partial charge in [-0.3, -0.25) is 14.7 Å². The van der Waals surface area contributed by atoms with Crippen LogP contribution < -0.4 is 5.32 Å². The number of nitrogens with zero attached hydrogens (tertiary/aromatic N) is 1. The third kappa shape index (κ3) is 2.77. The van der Waals surface area contributed by atoms with E-state index in [0.717, 1.165) is 12.0 Å². The van der Waals surface area contributed by atoms with Gasteiger partial charge in [0.2, 0.25) is 5.91 Å². The number of aromatic nitrogens is 2. The van der Waals surface area contributed by atoms with Gasteiger partial charge in [0.1, 0.15) is 5.82 Å². The van der Waals surface area contributed by atoms with Crippen molar-refractivity contribution in [3.63, 3.8) is 0 Å². The Morgan fingerprint density at radius 3 is 2.68 bits per heavy atom. The Balaban J connectivity index is 2.09. The number of carboxylic acid groups (broad SMARTS) is 1. The van der Waals surface area contributed by atoms with E-state index >= 15 is 0 Å². The summed E-state index contributed by atoms with van der Waals surface area (Å²) in [6, 6.07) is 0. The molecule has 1 heterocycles. The Morgan fingerprint density at radius 1 is 1.47 bits per heavy atom. The lowest BCUT2D eigenvalue weighted by Crippen LogP contribution is -2.30. The summed E-state index contributed by atoms with van der Waals surface area (Å²) in [6.45, 7) is 3.86. The lowest BCUT2D eigenvalue weighted by atomic mass is 9.95.